The van der Waals surface area contributed by atoms with Crippen molar-refractivity contribution in [3.05, 3.63) is 0 Å². The molecule has 0 bridgehead atoms. The Morgan fingerprint density at radius 1 is 0.688 bits per heavy atom. The fourth-order valence-corrected chi connectivity index (χ4v) is 3.80. The Morgan fingerprint density at radius 3 is 1.44 bits per heavy atom. The molecule has 2 aliphatic rings. The molecule has 0 spiro atoms. The fraction of sp³-hybridized carbons (Fsp3) is 1.00. The minimum atomic E-state index is 0.506. The summed E-state index contributed by atoms with van der Waals surface area (Å²) >= 11 is 0. The summed E-state index contributed by atoms with van der Waals surface area (Å²) in [4.78, 5) is 0. The number of hydrogen-bond donors (Lipinski definition) is 1. The first-order valence-electron chi connectivity index (χ1n) is 7.60. The highest BCUT2D eigenvalue weighted by molar-refractivity contribution is 4.76. The van der Waals surface area contributed by atoms with E-state index >= 15 is 0 Å². The molecule has 16 heavy (non-hydrogen) atoms. The summed E-state index contributed by atoms with van der Waals surface area (Å²) in [6, 6.07) is 0.506. The van der Waals surface area contributed by atoms with Gasteiger partial charge in [0.15, 0.2) is 0 Å². The van der Waals surface area contributed by atoms with E-state index in [9.17, 15) is 0 Å². The molecule has 1 heteroatoms. The lowest BCUT2D eigenvalue weighted by atomic mass is 9.80. The molecule has 0 aromatic rings. The van der Waals surface area contributed by atoms with E-state index in [1.165, 1.54) is 77.0 Å². The van der Waals surface area contributed by atoms with Crippen molar-refractivity contribution >= 4 is 0 Å². The molecule has 0 aliphatic heterocycles. The summed E-state index contributed by atoms with van der Waals surface area (Å²) in [5.41, 5.74) is 6.34. The van der Waals surface area contributed by atoms with Crippen molar-refractivity contribution in [1.29, 1.82) is 0 Å². The van der Waals surface area contributed by atoms with Gasteiger partial charge in [0.2, 0.25) is 0 Å². The van der Waals surface area contributed by atoms with Crippen molar-refractivity contribution in [2.45, 2.75) is 83.1 Å². The van der Waals surface area contributed by atoms with Crippen LogP contribution < -0.4 is 5.73 Å². The maximum Gasteiger partial charge on any atom is 0.00441 e. The molecule has 1 nitrogen and oxygen atoms in total. The van der Waals surface area contributed by atoms with Crippen molar-refractivity contribution in [1.82, 2.24) is 0 Å². The van der Waals surface area contributed by atoms with Gasteiger partial charge in [-0.25, -0.2) is 0 Å². The van der Waals surface area contributed by atoms with Gasteiger partial charge in [0.05, 0.1) is 0 Å². The molecule has 2 N–H and O–H groups in total. The Labute approximate surface area is 101 Å². The predicted molar refractivity (Wildman–Crippen MR) is 70.4 cm³/mol. The standard InChI is InChI=1S/C15H29N/c16-15(11-13-7-3-1-4-8-13)12-14-9-5-2-6-10-14/h13-15H,1-12,16H2. The lowest BCUT2D eigenvalue weighted by Crippen LogP contribution is -2.28. The first-order chi connectivity index (χ1) is 7.84. The van der Waals surface area contributed by atoms with Gasteiger partial charge in [-0.2, -0.15) is 0 Å². The summed E-state index contributed by atoms with van der Waals surface area (Å²) in [6.45, 7) is 0. The van der Waals surface area contributed by atoms with Crippen molar-refractivity contribution in [3.63, 3.8) is 0 Å². The van der Waals surface area contributed by atoms with Gasteiger partial charge in [-0.05, 0) is 24.7 Å². The average Bonchev–Trinajstić information content (AvgIpc) is 2.31. The van der Waals surface area contributed by atoms with Gasteiger partial charge in [-0.1, -0.05) is 64.2 Å². The van der Waals surface area contributed by atoms with Crippen LogP contribution in [0.2, 0.25) is 0 Å². The zero-order chi connectivity index (χ0) is 11.2. The van der Waals surface area contributed by atoms with Gasteiger partial charge in [-0.15, -0.1) is 0 Å². The third-order valence-electron chi connectivity index (χ3n) is 4.72. The number of rotatable bonds is 4. The summed E-state index contributed by atoms with van der Waals surface area (Å²) in [5, 5.41) is 0. The van der Waals surface area contributed by atoms with E-state index in [0.29, 0.717) is 6.04 Å². The molecule has 0 saturated heterocycles. The Hall–Kier alpha value is -0.0400. The average molecular weight is 223 g/mol. The minimum absolute atomic E-state index is 0.506. The molecule has 2 rings (SSSR count). The maximum absolute atomic E-state index is 6.34. The second-order valence-corrected chi connectivity index (χ2v) is 6.24. The van der Waals surface area contributed by atoms with E-state index in [4.69, 9.17) is 5.73 Å². The van der Waals surface area contributed by atoms with E-state index in [2.05, 4.69) is 0 Å². The molecule has 2 fully saturated rings. The predicted octanol–water partition coefficient (Wildman–Crippen LogP) is 4.25. The third kappa shape index (κ3) is 4.08. The molecular weight excluding hydrogens is 194 g/mol. The third-order valence-corrected chi connectivity index (χ3v) is 4.72. The Morgan fingerprint density at radius 2 is 1.06 bits per heavy atom. The zero-order valence-electron chi connectivity index (χ0n) is 10.8. The molecular formula is C15H29N. The van der Waals surface area contributed by atoms with Crippen LogP contribution >= 0.6 is 0 Å². The first kappa shape index (κ1) is 12.4. The van der Waals surface area contributed by atoms with E-state index in [-0.39, 0.29) is 0 Å². The second-order valence-electron chi connectivity index (χ2n) is 6.24. The number of nitrogens with two attached hydrogens (primary N) is 1. The van der Waals surface area contributed by atoms with Crippen molar-refractivity contribution < 1.29 is 0 Å². The van der Waals surface area contributed by atoms with Crippen LogP contribution in [0.3, 0.4) is 0 Å². The Kier molecular flexibility index (Phi) is 5.15. The molecule has 0 heterocycles. The highest BCUT2D eigenvalue weighted by atomic mass is 14.6. The SMILES string of the molecule is NC(CC1CCCCC1)CC1CCCCC1. The Balaban J connectivity index is 1.64. The van der Waals surface area contributed by atoms with Crippen molar-refractivity contribution in [2.75, 3.05) is 0 Å². The molecule has 2 aliphatic carbocycles. The monoisotopic (exact) mass is 223 g/mol. The van der Waals surface area contributed by atoms with Gasteiger partial charge in [0.25, 0.3) is 0 Å². The molecule has 0 aromatic heterocycles. The smallest absolute Gasteiger partial charge is 0.00441 e. The van der Waals surface area contributed by atoms with E-state index in [1.54, 1.807) is 0 Å². The highest BCUT2D eigenvalue weighted by Gasteiger charge is 2.20. The lowest BCUT2D eigenvalue weighted by molar-refractivity contribution is 0.269. The fourth-order valence-electron chi connectivity index (χ4n) is 3.80. The topological polar surface area (TPSA) is 26.0 Å². The molecule has 94 valence electrons. The summed E-state index contributed by atoms with van der Waals surface area (Å²) in [7, 11) is 0. The molecule has 0 atom stereocenters. The van der Waals surface area contributed by atoms with E-state index in [0.717, 1.165) is 11.8 Å². The van der Waals surface area contributed by atoms with Crippen LogP contribution in [-0.2, 0) is 0 Å². The van der Waals surface area contributed by atoms with Crippen molar-refractivity contribution in [2.24, 2.45) is 17.6 Å². The Bertz CT molecular complexity index is 158. The van der Waals surface area contributed by atoms with Crippen LogP contribution in [0.5, 0.6) is 0 Å². The minimum Gasteiger partial charge on any atom is -0.328 e. The maximum atomic E-state index is 6.34. The normalized spacial score (nSPS) is 25.1. The summed E-state index contributed by atoms with van der Waals surface area (Å²) < 4.78 is 0. The van der Waals surface area contributed by atoms with Gasteiger partial charge < -0.3 is 5.73 Å². The van der Waals surface area contributed by atoms with Gasteiger partial charge in [-0.3, -0.25) is 0 Å². The largest absolute Gasteiger partial charge is 0.328 e. The van der Waals surface area contributed by atoms with Crippen LogP contribution in [0.15, 0.2) is 0 Å². The first-order valence-corrected chi connectivity index (χ1v) is 7.60. The lowest BCUT2D eigenvalue weighted by Gasteiger charge is -2.28. The molecule has 0 radical (unpaired) electrons. The van der Waals surface area contributed by atoms with Crippen LogP contribution in [0, 0.1) is 11.8 Å². The van der Waals surface area contributed by atoms with Gasteiger partial charge in [0.1, 0.15) is 0 Å². The summed E-state index contributed by atoms with van der Waals surface area (Å²) in [5.74, 6) is 1.93. The van der Waals surface area contributed by atoms with E-state index < -0.39 is 0 Å². The molecule has 0 aromatic carbocycles. The summed E-state index contributed by atoms with van der Waals surface area (Å²) in [6.07, 6.45) is 17.2. The van der Waals surface area contributed by atoms with Gasteiger partial charge >= 0.3 is 0 Å². The number of hydrogen-bond acceptors (Lipinski definition) is 1. The van der Waals surface area contributed by atoms with E-state index in [1.807, 2.05) is 0 Å². The van der Waals surface area contributed by atoms with Crippen LogP contribution in [-0.4, -0.2) is 6.04 Å². The highest BCUT2D eigenvalue weighted by Crippen LogP contribution is 2.31. The van der Waals surface area contributed by atoms with Crippen LogP contribution in [0.4, 0.5) is 0 Å². The van der Waals surface area contributed by atoms with Gasteiger partial charge in [0, 0.05) is 6.04 Å². The van der Waals surface area contributed by atoms with Crippen LogP contribution in [0.1, 0.15) is 77.0 Å². The molecule has 2 saturated carbocycles. The zero-order valence-corrected chi connectivity index (χ0v) is 10.8. The second kappa shape index (κ2) is 6.64. The quantitative estimate of drug-likeness (QED) is 0.757. The van der Waals surface area contributed by atoms with Crippen molar-refractivity contribution in [3.8, 4) is 0 Å². The molecule has 0 amide bonds. The van der Waals surface area contributed by atoms with Crippen LogP contribution in [0.25, 0.3) is 0 Å². The molecule has 0 unspecified atom stereocenters.